The van der Waals surface area contributed by atoms with Crippen LogP contribution in [0.4, 0.5) is 18.9 Å². The molecule has 2 unspecified atom stereocenters. The molecule has 3 amide bonds. The van der Waals surface area contributed by atoms with Gasteiger partial charge < -0.3 is 19.9 Å². The summed E-state index contributed by atoms with van der Waals surface area (Å²) < 4.78 is 43.5. The molecule has 0 radical (unpaired) electrons. The molecule has 2 heterocycles. The summed E-state index contributed by atoms with van der Waals surface area (Å²) in [6.45, 7) is 2.91. The van der Waals surface area contributed by atoms with Crippen molar-refractivity contribution in [3.05, 3.63) is 65.4 Å². The highest BCUT2D eigenvalue weighted by atomic mass is 19.4. The minimum atomic E-state index is -5.01. The zero-order valence-electron chi connectivity index (χ0n) is 22.0. The predicted molar refractivity (Wildman–Crippen MR) is 139 cm³/mol. The van der Waals surface area contributed by atoms with Crippen LogP contribution < -0.4 is 10.1 Å². The molecule has 2 aromatic carbocycles. The SMILES string of the molecule is Cc1cc2cc(C(=O)N(C)CC(=O)N3CC(C(=O)Nc4ccccc4)CC3C#N)cc(OC(F)(F)F)c2nc1C. The van der Waals surface area contributed by atoms with Crippen LogP contribution in [0.2, 0.25) is 0 Å². The summed E-state index contributed by atoms with van der Waals surface area (Å²) in [6.07, 6.45) is -4.88. The lowest BCUT2D eigenvalue weighted by Crippen LogP contribution is -2.43. The number of carbonyl (C=O) groups excluding carboxylic acids is 3. The number of hydrogen-bond acceptors (Lipinski definition) is 6. The number of nitrogens with one attached hydrogen (secondary N) is 1. The summed E-state index contributed by atoms with van der Waals surface area (Å²) in [5.41, 5.74) is 1.62. The Hall–Kier alpha value is -4.66. The summed E-state index contributed by atoms with van der Waals surface area (Å²) in [7, 11) is 1.32. The second-order valence-corrected chi connectivity index (χ2v) is 9.62. The molecule has 1 aromatic heterocycles. The Morgan fingerprint density at radius 3 is 2.52 bits per heavy atom. The molecule has 12 heteroatoms. The van der Waals surface area contributed by atoms with Crippen molar-refractivity contribution in [2.75, 3.05) is 25.5 Å². The second kappa shape index (κ2) is 11.2. The van der Waals surface area contributed by atoms with Crippen molar-refractivity contribution in [3.63, 3.8) is 0 Å². The second-order valence-electron chi connectivity index (χ2n) is 9.62. The number of likely N-dealkylation sites (N-methyl/N-ethyl adjacent to an activating group) is 1. The highest BCUT2D eigenvalue weighted by Crippen LogP contribution is 2.32. The van der Waals surface area contributed by atoms with Gasteiger partial charge in [0.05, 0.1) is 18.5 Å². The van der Waals surface area contributed by atoms with Gasteiger partial charge in [-0.05, 0) is 56.2 Å². The molecule has 1 aliphatic rings. The zero-order chi connectivity index (χ0) is 29.2. The first-order valence-electron chi connectivity index (χ1n) is 12.3. The minimum Gasteiger partial charge on any atom is -0.403 e. The fourth-order valence-electron chi connectivity index (χ4n) is 4.55. The van der Waals surface area contributed by atoms with E-state index in [4.69, 9.17) is 0 Å². The summed E-state index contributed by atoms with van der Waals surface area (Å²) in [4.78, 5) is 45.5. The average molecular weight is 554 g/mol. The van der Waals surface area contributed by atoms with E-state index in [9.17, 15) is 32.8 Å². The van der Waals surface area contributed by atoms with Gasteiger partial charge >= 0.3 is 6.36 Å². The van der Waals surface area contributed by atoms with Gasteiger partial charge in [-0.25, -0.2) is 4.98 Å². The number of ether oxygens (including phenoxy) is 1. The van der Waals surface area contributed by atoms with E-state index in [2.05, 4.69) is 15.0 Å². The Kier molecular flexibility index (Phi) is 7.95. The molecule has 0 bridgehead atoms. The number of amides is 3. The third kappa shape index (κ3) is 6.31. The number of carbonyl (C=O) groups is 3. The molecule has 1 aliphatic heterocycles. The number of aryl methyl sites for hydroxylation is 2. The van der Waals surface area contributed by atoms with Gasteiger partial charge in [-0.15, -0.1) is 13.2 Å². The van der Waals surface area contributed by atoms with E-state index in [0.29, 0.717) is 16.9 Å². The summed E-state index contributed by atoms with van der Waals surface area (Å²) in [5, 5.41) is 12.6. The van der Waals surface area contributed by atoms with Crippen LogP contribution >= 0.6 is 0 Å². The molecule has 9 nitrogen and oxygen atoms in total. The number of alkyl halides is 3. The van der Waals surface area contributed by atoms with Crippen LogP contribution in [-0.2, 0) is 9.59 Å². The van der Waals surface area contributed by atoms with E-state index in [1.54, 1.807) is 50.2 Å². The number of benzene rings is 2. The first-order valence-corrected chi connectivity index (χ1v) is 12.3. The van der Waals surface area contributed by atoms with Crippen molar-refractivity contribution in [2.45, 2.75) is 32.7 Å². The minimum absolute atomic E-state index is 0.0123. The number of halogens is 3. The van der Waals surface area contributed by atoms with E-state index in [-0.39, 0.29) is 35.3 Å². The number of rotatable bonds is 6. The van der Waals surface area contributed by atoms with Crippen LogP contribution in [0.1, 0.15) is 28.0 Å². The standard InChI is InChI=1S/C28H26F3N5O4/c1-16-9-18-10-19(12-23(40-28(29,30)31)25(18)33-17(16)2)27(39)35(3)15-24(37)36-14-20(11-22(36)13-32)26(38)34-21-7-5-4-6-8-21/h4-10,12,20,22H,11,14-15H2,1-3H3,(H,34,38). The van der Waals surface area contributed by atoms with E-state index < -0.39 is 42.4 Å². The number of nitriles is 1. The van der Waals surface area contributed by atoms with E-state index in [0.717, 1.165) is 11.0 Å². The third-order valence-corrected chi connectivity index (χ3v) is 6.70. The number of likely N-dealkylation sites (tertiary alicyclic amines) is 1. The van der Waals surface area contributed by atoms with Gasteiger partial charge in [-0.3, -0.25) is 14.4 Å². The topological polar surface area (TPSA) is 116 Å². The Balaban J connectivity index is 1.50. The molecule has 1 saturated heterocycles. The Labute approximate surface area is 228 Å². The van der Waals surface area contributed by atoms with Crippen LogP contribution in [0, 0.1) is 31.1 Å². The van der Waals surface area contributed by atoms with Crippen LogP contribution in [0.25, 0.3) is 10.9 Å². The Morgan fingerprint density at radius 1 is 1.18 bits per heavy atom. The fraction of sp³-hybridized carbons (Fsp3) is 0.321. The highest BCUT2D eigenvalue weighted by molar-refractivity contribution is 6.01. The first-order chi connectivity index (χ1) is 18.9. The van der Waals surface area contributed by atoms with Crippen LogP contribution in [0.15, 0.2) is 48.5 Å². The third-order valence-electron chi connectivity index (χ3n) is 6.70. The average Bonchev–Trinajstić information content (AvgIpc) is 3.34. The smallest absolute Gasteiger partial charge is 0.403 e. The van der Waals surface area contributed by atoms with E-state index in [1.807, 2.05) is 6.07 Å². The van der Waals surface area contributed by atoms with Gasteiger partial charge in [0.25, 0.3) is 5.91 Å². The number of para-hydroxylation sites is 1. The van der Waals surface area contributed by atoms with Crippen LogP contribution in [0.3, 0.4) is 0 Å². The maximum atomic E-state index is 13.2. The molecule has 0 aliphatic carbocycles. The quantitative estimate of drug-likeness (QED) is 0.489. The van der Waals surface area contributed by atoms with Gasteiger partial charge in [0.2, 0.25) is 11.8 Å². The molecule has 2 atom stereocenters. The number of nitrogens with zero attached hydrogens (tertiary/aromatic N) is 4. The molecule has 1 fully saturated rings. The van der Waals surface area contributed by atoms with E-state index >= 15 is 0 Å². The number of anilines is 1. The maximum Gasteiger partial charge on any atom is 0.573 e. The van der Waals surface area contributed by atoms with Crippen molar-refractivity contribution in [1.82, 2.24) is 14.8 Å². The predicted octanol–water partition coefficient (Wildman–Crippen LogP) is 4.20. The summed E-state index contributed by atoms with van der Waals surface area (Å²) in [6, 6.07) is 13.9. The summed E-state index contributed by atoms with van der Waals surface area (Å²) in [5.74, 6) is -2.90. The fourth-order valence-corrected chi connectivity index (χ4v) is 4.55. The molecule has 40 heavy (non-hydrogen) atoms. The highest BCUT2D eigenvalue weighted by Gasteiger charge is 2.39. The van der Waals surface area contributed by atoms with Crippen molar-refractivity contribution < 1.29 is 32.3 Å². The molecular formula is C28H26F3N5O4. The lowest BCUT2D eigenvalue weighted by atomic mass is 10.1. The van der Waals surface area contributed by atoms with Gasteiger partial charge in [-0.2, -0.15) is 5.26 Å². The van der Waals surface area contributed by atoms with Crippen molar-refractivity contribution >= 4 is 34.3 Å². The van der Waals surface area contributed by atoms with Gasteiger partial charge in [0.1, 0.15) is 11.6 Å². The van der Waals surface area contributed by atoms with Crippen molar-refractivity contribution in [2.24, 2.45) is 5.92 Å². The van der Waals surface area contributed by atoms with Crippen molar-refractivity contribution in [3.8, 4) is 11.8 Å². The first kappa shape index (κ1) is 28.4. The van der Waals surface area contributed by atoms with Crippen LogP contribution in [-0.4, -0.2) is 65.0 Å². The zero-order valence-corrected chi connectivity index (χ0v) is 22.0. The summed E-state index contributed by atoms with van der Waals surface area (Å²) >= 11 is 0. The molecular weight excluding hydrogens is 527 g/mol. The number of aromatic nitrogens is 1. The van der Waals surface area contributed by atoms with Gasteiger partial charge in [-0.1, -0.05) is 18.2 Å². The Morgan fingerprint density at radius 2 is 1.88 bits per heavy atom. The van der Waals surface area contributed by atoms with E-state index in [1.165, 1.54) is 18.0 Å². The number of hydrogen-bond donors (Lipinski definition) is 1. The molecule has 208 valence electrons. The van der Waals surface area contributed by atoms with Gasteiger partial charge in [0.15, 0.2) is 5.75 Å². The molecule has 0 saturated carbocycles. The maximum absolute atomic E-state index is 13.2. The normalized spacial score (nSPS) is 16.9. The number of fused-ring (bicyclic) bond motifs is 1. The lowest BCUT2D eigenvalue weighted by Gasteiger charge is -2.24. The largest absolute Gasteiger partial charge is 0.573 e. The number of pyridine rings is 1. The van der Waals surface area contributed by atoms with Crippen molar-refractivity contribution in [1.29, 1.82) is 5.26 Å². The Bertz CT molecular complexity index is 1500. The van der Waals surface area contributed by atoms with Crippen LogP contribution in [0.5, 0.6) is 5.75 Å². The molecule has 4 rings (SSSR count). The molecule has 3 aromatic rings. The molecule has 0 spiro atoms. The lowest BCUT2D eigenvalue weighted by molar-refractivity contribution is -0.274. The monoisotopic (exact) mass is 553 g/mol. The molecule has 1 N–H and O–H groups in total. The van der Waals surface area contributed by atoms with Gasteiger partial charge in [0, 0.05) is 35.9 Å².